The Hall–Kier alpha value is 1.60. The van der Waals surface area contributed by atoms with Gasteiger partial charge in [-0.05, 0) is 154 Å². The van der Waals surface area contributed by atoms with Gasteiger partial charge < -0.3 is 45.9 Å². The maximum absolute atomic E-state index is 5.72. The molecule has 0 aromatic heterocycles. The molecule has 0 bridgehead atoms. The Morgan fingerprint density at radius 2 is 0.235 bits per heavy atom. The molecule has 0 aromatic rings. The summed E-state index contributed by atoms with van der Waals surface area (Å²) in [5.41, 5.74) is 45.7. The van der Waals surface area contributed by atoms with Crippen molar-refractivity contribution in [1.82, 2.24) is 0 Å². The fourth-order valence-electron chi connectivity index (χ4n) is 9.89. The summed E-state index contributed by atoms with van der Waals surface area (Å²) in [6.45, 7) is 31.6. The average Bonchev–Trinajstić information content (AvgIpc) is 3.28. The molecule has 8 fully saturated rings. The van der Waals surface area contributed by atoms with E-state index in [2.05, 4.69) is 55.4 Å². The van der Waals surface area contributed by atoms with Gasteiger partial charge in [0.2, 0.25) is 0 Å². The van der Waals surface area contributed by atoms with E-state index in [1.165, 1.54) is 205 Å². The molecule has 0 saturated heterocycles. The van der Waals surface area contributed by atoms with E-state index >= 15 is 0 Å². The van der Waals surface area contributed by atoms with Crippen LogP contribution < -0.4 is 45.9 Å². The van der Waals surface area contributed by atoms with Crippen LogP contribution in [0, 0.1) is 103 Å². The van der Waals surface area contributed by atoms with Crippen molar-refractivity contribution in [3.8, 4) is 0 Å². The minimum Gasteiger partial charge on any atom is -0.324 e. The molecule has 412 valence electrons. The zero-order valence-corrected chi connectivity index (χ0v) is 52.0. The van der Waals surface area contributed by atoms with Crippen LogP contribution in [0.5, 0.6) is 0 Å². The maximum Gasteiger partial charge on any atom is 0.110 e. The van der Waals surface area contributed by atoms with Crippen LogP contribution in [0.3, 0.4) is 0 Å². The molecule has 0 amide bonds. The predicted molar refractivity (Wildman–Crippen MR) is 282 cm³/mol. The minimum atomic E-state index is 0. The van der Waals surface area contributed by atoms with Gasteiger partial charge in [-0.1, -0.05) is 51.4 Å². The normalized spacial score (nSPS) is 37.3. The Bertz CT molecular complexity index is 748. The van der Waals surface area contributed by atoms with Crippen LogP contribution in [-0.2, 0) is 89.5 Å². The largest absolute Gasteiger partial charge is 0.324 e. The monoisotopic (exact) mass is 1680 g/mol. The van der Waals surface area contributed by atoms with Gasteiger partial charge in [0.15, 0.2) is 0 Å². The van der Waals surface area contributed by atoms with E-state index in [1.54, 1.807) is 0 Å². The summed E-state index contributed by atoms with van der Waals surface area (Å²) in [5.74, 6) is 4.25. The summed E-state index contributed by atoms with van der Waals surface area (Å²) in [6, 6.07) is 3.14. The first-order valence-corrected chi connectivity index (χ1v) is 27.1. The molecule has 0 aliphatic heterocycles. The summed E-state index contributed by atoms with van der Waals surface area (Å²) < 4.78 is 0. The van der Waals surface area contributed by atoms with E-state index in [-0.39, 0.29) is 89.5 Å². The Kier molecular flexibility index (Phi) is 52.7. The fourth-order valence-corrected chi connectivity index (χ4v) is 9.89. The number of rotatable bonds is 0. The van der Waals surface area contributed by atoms with Crippen molar-refractivity contribution in [3.05, 3.63) is 55.4 Å². The fraction of sp³-hybridized carbons (Fsp3) is 0.857. The molecule has 16 N–H and O–H groups in total. The van der Waals surface area contributed by atoms with Gasteiger partial charge in [-0.3, -0.25) is 0 Å². The summed E-state index contributed by atoms with van der Waals surface area (Å²) in [4.78, 5) is 0. The Morgan fingerprint density at radius 3 is 0.279 bits per heavy atom. The predicted octanol–water partition coefficient (Wildman–Crippen LogP) is 10.7. The summed E-state index contributed by atoms with van der Waals surface area (Å²) in [6.07, 6.45) is 40.6. The molecular formula is C56H112Au4N8+8. The zero-order chi connectivity index (χ0) is 47.9. The number of nitrogens with two attached hydrogens (primary N) is 8. The Balaban J connectivity index is -0.000000341. The van der Waals surface area contributed by atoms with Gasteiger partial charge in [-0.15, -0.1) is 0 Å². The third-order valence-corrected chi connectivity index (χ3v) is 15.7. The molecule has 0 heterocycles. The second-order valence-corrected chi connectivity index (χ2v) is 21.7. The van der Waals surface area contributed by atoms with Gasteiger partial charge in [-0.25, -0.2) is 0 Å². The van der Waals surface area contributed by atoms with Crippen molar-refractivity contribution >= 4 is 0 Å². The molecule has 2 unspecified atom stereocenters. The molecule has 8 aliphatic rings. The molecule has 4 radical (unpaired) electrons. The van der Waals surface area contributed by atoms with Crippen molar-refractivity contribution < 1.29 is 89.5 Å². The van der Waals surface area contributed by atoms with Gasteiger partial charge in [-0.2, -0.15) is 0 Å². The van der Waals surface area contributed by atoms with E-state index in [4.69, 9.17) is 45.9 Å². The van der Waals surface area contributed by atoms with Gasteiger partial charge in [0.05, 0.1) is 55.4 Å². The first-order valence-electron chi connectivity index (χ1n) is 27.1. The molecule has 12 heteroatoms. The van der Waals surface area contributed by atoms with Gasteiger partial charge in [0.25, 0.3) is 0 Å². The minimum absolute atomic E-state index is 0. The topological polar surface area (TPSA) is 208 Å². The van der Waals surface area contributed by atoms with E-state index in [0.29, 0.717) is 95.7 Å². The number of hydrogen-bond acceptors (Lipinski definition) is 8. The first-order chi connectivity index (χ1) is 30.4. The number of hydrogen-bond donors (Lipinski definition) is 8. The van der Waals surface area contributed by atoms with Gasteiger partial charge in [0.1, 0.15) is 47.3 Å². The van der Waals surface area contributed by atoms with Crippen LogP contribution in [0.1, 0.15) is 205 Å². The quantitative estimate of drug-likeness (QED) is 0.0863. The molecule has 8 aliphatic carbocycles. The van der Waals surface area contributed by atoms with Crippen molar-refractivity contribution in [2.45, 2.75) is 254 Å². The molecule has 0 spiro atoms. The molecule has 8 saturated carbocycles. The van der Waals surface area contributed by atoms with Crippen LogP contribution in [0.25, 0.3) is 0 Å². The standard InChI is InChI=1S/8C7H14N.4Au/c8*1-6-4-2-3-5-7(6)8;;;;/h8*6-7H,1-5,8H2;;;;/q8*+1;;;;/t6?,7-;6-,7?;2*6-,7+;4*6-,7-;;;;/m00111110..../s1. The van der Waals surface area contributed by atoms with Crippen molar-refractivity contribution in [1.29, 1.82) is 0 Å². The van der Waals surface area contributed by atoms with E-state index in [1.807, 2.05) is 0 Å². The van der Waals surface area contributed by atoms with Crippen LogP contribution in [0.2, 0.25) is 0 Å². The SMILES string of the molecule is [Au].[Au].[Au].[Au].[CH2+]C1CCCC[C@@H]1N.[CH2+][C@@H]1CCCC[C@@H]1N.[CH2+][C@@H]1CCCC[C@@H]1N.[CH2+][C@@H]1CCCC[C@H]1N.[CH2+][C@@H]1CCCC[C@H]1N.[CH2+][C@@H]1CCCC[C@H]1N.[CH2+][C@H]1CCCCC1N.[CH2+][C@H]1CCCC[C@@H]1N. The summed E-state index contributed by atoms with van der Waals surface area (Å²) in [7, 11) is 0. The van der Waals surface area contributed by atoms with E-state index < -0.39 is 0 Å². The van der Waals surface area contributed by atoms with E-state index in [9.17, 15) is 0 Å². The summed E-state index contributed by atoms with van der Waals surface area (Å²) >= 11 is 0. The van der Waals surface area contributed by atoms with E-state index in [0.717, 1.165) is 0 Å². The second-order valence-electron chi connectivity index (χ2n) is 21.7. The molecule has 0 aromatic carbocycles. The molecule has 68 heavy (non-hydrogen) atoms. The van der Waals surface area contributed by atoms with Gasteiger partial charge in [0, 0.05) is 138 Å². The average molecular weight is 1690 g/mol. The third-order valence-electron chi connectivity index (χ3n) is 15.7. The first kappa shape index (κ1) is 76.1. The smallest absolute Gasteiger partial charge is 0.110 e. The zero-order valence-electron chi connectivity index (χ0n) is 43.3. The molecule has 16 atom stereocenters. The van der Waals surface area contributed by atoms with Crippen molar-refractivity contribution in [2.75, 3.05) is 0 Å². The van der Waals surface area contributed by atoms with Crippen molar-refractivity contribution in [2.24, 2.45) is 93.2 Å². The van der Waals surface area contributed by atoms with Crippen LogP contribution in [0.15, 0.2) is 0 Å². The Labute approximate surface area is 487 Å². The third kappa shape index (κ3) is 37.3. The van der Waals surface area contributed by atoms with Gasteiger partial charge >= 0.3 is 0 Å². The Morgan fingerprint density at radius 1 is 0.162 bits per heavy atom. The van der Waals surface area contributed by atoms with Crippen LogP contribution in [0.4, 0.5) is 0 Å². The molecule has 8 rings (SSSR count). The summed E-state index contributed by atoms with van der Waals surface area (Å²) in [5, 5.41) is 0. The molecular weight excluding hydrogens is 1570 g/mol. The van der Waals surface area contributed by atoms with Crippen LogP contribution >= 0.6 is 0 Å². The second kappa shape index (κ2) is 47.1. The van der Waals surface area contributed by atoms with Crippen molar-refractivity contribution in [3.63, 3.8) is 0 Å². The molecule has 8 nitrogen and oxygen atoms in total. The maximum atomic E-state index is 5.72. The van der Waals surface area contributed by atoms with Crippen LogP contribution in [-0.4, -0.2) is 48.3 Å².